The van der Waals surface area contributed by atoms with Crippen LogP contribution >= 0.6 is 0 Å². The molecule has 8 nitrogen and oxygen atoms in total. The van der Waals surface area contributed by atoms with Gasteiger partial charge in [-0.05, 0) is 12.1 Å². The zero-order chi connectivity index (χ0) is 14.4. The molecule has 4 heterocycles. The summed E-state index contributed by atoms with van der Waals surface area (Å²) in [6.45, 7) is 0.560. The van der Waals surface area contributed by atoms with E-state index in [4.69, 9.17) is 9.47 Å². The lowest BCUT2D eigenvalue weighted by molar-refractivity contribution is 0.0178. The van der Waals surface area contributed by atoms with Gasteiger partial charge in [0, 0.05) is 5.39 Å². The van der Waals surface area contributed by atoms with Crippen molar-refractivity contribution in [1.82, 2.24) is 20.5 Å². The third-order valence-electron chi connectivity index (χ3n) is 3.88. The monoisotopic (exact) mass is 290 g/mol. The molecule has 21 heavy (non-hydrogen) atoms. The number of aliphatic hydroxyl groups excluding tert-OH is 1. The molecule has 2 aliphatic heterocycles. The van der Waals surface area contributed by atoms with Crippen LogP contribution in [0, 0.1) is 0 Å². The van der Waals surface area contributed by atoms with Crippen molar-refractivity contribution < 1.29 is 19.4 Å². The van der Waals surface area contributed by atoms with Crippen LogP contribution in [-0.4, -0.2) is 63.8 Å². The van der Waals surface area contributed by atoms with Gasteiger partial charge >= 0.3 is 0 Å². The topological polar surface area (TPSA) is 109 Å². The summed E-state index contributed by atoms with van der Waals surface area (Å²) >= 11 is 0. The molecule has 1 amide bonds. The van der Waals surface area contributed by atoms with Gasteiger partial charge in [-0.25, -0.2) is 4.98 Å². The number of aliphatic hydroxyl groups is 1. The quantitative estimate of drug-likeness (QED) is 0.669. The van der Waals surface area contributed by atoms with E-state index in [2.05, 4.69) is 20.5 Å². The van der Waals surface area contributed by atoms with Crippen molar-refractivity contribution in [3.8, 4) is 0 Å². The second-order valence-electron chi connectivity index (χ2n) is 5.25. The molecule has 2 aromatic rings. The number of ether oxygens (including phenoxy) is 2. The fourth-order valence-electron chi connectivity index (χ4n) is 2.80. The molecule has 110 valence electrons. The molecule has 4 rings (SSSR count). The number of fused-ring (bicyclic) bond motifs is 2. The molecule has 2 fully saturated rings. The fourth-order valence-corrected chi connectivity index (χ4v) is 2.80. The molecule has 0 saturated carbocycles. The number of nitrogens with one attached hydrogen (secondary N) is 2. The zero-order valence-corrected chi connectivity index (χ0v) is 11.0. The van der Waals surface area contributed by atoms with Crippen molar-refractivity contribution in [2.45, 2.75) is 24.4 Å². The highest BCUT2D eigenvalue weighted by atomic mass is 16.6. The van der Waals surface area contributed by atoms with Gasteiger partial charge in [0.1, 0.15) is 24.0 Å². The van der Waals surface area contributed by atoms with E-state index in [0.717, 1.165) is 5.39 Å². The van der Waals surface area contributed by atoms with Gasteiger partial charge in [0.15, 0.2) is 5.65 Å². The number of aromatic amines is 1. The molecule has 0 aromatic carbocycles. The van der Waals surface area contributed by atoms with Crippen LogP contribution in [0.1, 0.15) is 10.5 Å². The van der Waals surface area contributed by atoms with Gasteiger partial charge in [-0.3, -0.25) is 9.89 Å². The number of carbonyl (C=O) groups excluding carboxylic acids is 1. The number of H-pyrrole nitrogens is 1. The molecule has 2 aliphatic rings. The van der Waals surface area contributed by atoms with Crippen molar-refractivity contribution in [2.75, 3.05) is 13.2 Å². The molecule has 3 N–H and O–H groups in total. The second-order valence-corrected chi connectivity index (χ2v) is 5.25. The minimum absolute atomic E-state index is 0.236. The van der Waals surface area contributed by atoms with Gasteiger partial charge in [-0.1, -0.05) is 0 Å². The number of rotatable bonds is 2. The molecule has 0 spiro atoms. The van der Waals surface area contributed by atoms with Crippen molar-refractivity contribution in [2.24, 2.45) is 0 Å². The first kappa shape index (κ1) is 12.7. The van der Waals surface area contributed by atoms with E-state index in [9.17, 15) is 9.90 Å². The number of hydrogen-bond donors (Lipinski definition) is 3. The number of nitrogens with zero attached hydrogens (tertiary/aromatic N) is 2. The highest BCUT2D eigenvalue weighted by Crippen LogP contribution is 2.27. The summed E-state index contributed by atoms with van der Waals surface area (Å²) in [4.78, 5) is 16.5. The summed E-state index contributed by atoms with van der Waals surface area (Å²) in [7, 11) is 0. The van der Waals surface area contributed by atoms with Crippen LogP contribution in [0.5, 0.6) is 0 Å². The van der Waals surface area contributed by atoms with E-state index < -0.39 is 6.10 Å². The average molecular weight is 290 g/mol. The molecule has 0 radical (unpaired) electrons. The van der Waals surface area contributed by atoms with Gasteiger partial charge in [-0.15, -0.1) is 0 Å². The van der Waals surface area contributed by atoms with Gasteiger partial charge in [-0.2, -0.15) is 5.10 Å². The maximum absolute atomic E-state index is 12.3. The molecular weight excluding hydrogens is 276 g/mol. The summed E-state index contributed by atoms with van der Waals surface area (Å²) in [5.41, 5.74) is 0.865. The molecule has 0 aliphatic carbocycles. The Balaban J connectivity index is 1.50. The first-order valence-corrected chi connectivity index (χ1v) is 6.74. The van der Waals surface area contributed by atoms with Crippen LogP contribution < -0.4 is 5.32 Å². The Hall–Kier alpha value is -2.03. The highest BCUT2D eigenvalue weighted by molar-refractivity contribution is 5.94. The predicted molar refractivity (Wildman–Crippen MR) is 70.6 cm³/mol. The first-order chi connectivity index (χ1) is 10.2. The predicted octanol–water partition coefficient (Wildman–Crippen LogP) is -0.785. The van der Waals surface area contributed by atoms with Crippen molar-refractivity contribution in [3.63, 3.8) is 0 Å². The highest BCUT2D eigenvalue weighted by Gasteiger charge is 2.47. The number of carbonyl (C=O) groups is 1. The van der Waals surface area contributed by atoms with Gasteiger partial charge in [0.05, 0.1) is 25.5 Å². The van der Waals surface area contributed by atoms with E-state index in [1.165, 1.54) is 0 Å². The Labute approximate surface area is 119 Å². The van der Waals surface area contributed by atoms with E-state index >= 15 is 0 Å². The molecule has 2 aromatic heterocycles. The maximum Gasteiger partial charge on any atom is 0.270 e. The number of hydrogen-bond acceptors (Lipinski definition) is 6. The Morgan fingerprint density at radius 2 is 2.19 bits per heavy atom. The normalized spacial score (nSPS) is 31.5. The van der Waals surface area contributed by atoms with E-state index in [1.54, 1.807) is 18.3 Å². The van der Waals surface area contributed by atoms with Gasteiger partial charge < -0.3 is 19.9 Å². The van der Waals surface area contributed by atoms with Crippen LogP contribution in [0.25, 0.3) is 11.0 Å². The van der Waals surface area contributed by atoms with Gasteiger partial charge in [0.2, 0.25) is 0 Å². The summed E-state index contributed by atoms with van der Waals surface area (Å²) in [5.74, 6) is -0.300. The number of aromatic nitrogens is 3. The molecule has 8 heteroatoms. The first-order valence-electron chi connectivity index (χ1n) is 6.74. The smallest absolute Gasteiger partial charge is 0.270 e. The minimum atomic E-state index is -0.628. The average Bonchev–Trinajstić information content (AvgIpc) is 3.17. The van der Waals surface area contributed by atoms with Crippen LogP contribution in [-0.2, 0) is 9.47 Å². The summed E-state index contributed by atoms with van der Waals surface area (Å²) in [6, 6.07) is 3.15. The van der Waals surface area contributed by atoms with Crippen LogP contribution in [0.2, 0.25) is 0 Å². The summed E-state index contributed by atoms with van der Waals surface area (Å²) in [6.07, 6.45) is 0.349. The van der Waals surface area contributed by atoms with Gasteiger partial charge in [0.25, 0.3) is 5.91 Å². The third kappa shape index (κ3) is 2.08. The minimum Gasteiger partial charge on any atom is -0.388 e. The fraction of sp³-hybridized carbons (Fsp3) is 0.462. The Bertz CT molecular complexity index is 688. The lowest BCUT2D eigenvalue weighted by Gasteiger charge is -2.17. The molecular formula is C13H14N4O4. The standard InChI is InChI=1S/C13H14N4O4/c18-9-5-21-10-8(4-20-11(9)10)16-13(19)7-2-1-6-3-14-17-12(6)15-7/h1-3,8-11,18H,4-5H2,(H,16,19)(H,14,15,17)/t8-,9-,10-,11-/m1/s1. The van der Waals surface area contributed by atoms with E-state index in [1.807, 2.05) is 0 Å². The van der Waals surface area contributed by atoms with Crippen LogP contribution in [0.3, 0.4) is 0 Å². The Kier molecular flexibility index (Phi) is 2.88. The van der Waals surface area contributed by atoms with E-state index in [0.29, 0.717) is 17.9 Å². The van der Waals surface area contributed by atoms with Crippen LogP contribution in [0.4, 0.5) is 0 Å². The lowest BCUT2D eigenvalue weighted by Crippen LogP contribution is -2.44. The second kappa shape index (κ2) is 4.76. The molecule has 0 bridgehead atoms. The van der Waals surface area contributed by atoms with Crippen molar-refractivity contribution in [3.05, 3.63) is 24.0 Å². The molecule has 0 unspecified atom stereocenters. The SMILES string of the molecule is O=C(N[C@@H]1CO[C@H]2[C@@H]1OC[C@H]2O)c1ccc2cn[nH]c2n1. The van der Waals surface area contributed by atoms with Crippen molar-refractivity contribution >= 4 is 16.9 Å². The Morgan fingerprint density at radius 3 is 3.10 bits per heavy atom. The Morgan fingerprint density at radius 1 is 1.33 bits per heavy atom. The zero-order valence-electron chi connectivity index (χ0n) is 11.0. The van der Waals surface area contributed by atoms with Crippen molar-refractivity contribution in [1.29, 1.82) is 0 Å². The molecule has 4 atom stereocenters. The molecule has 2 saturated heterocycles. The van der Waals surface area contributed by atoms with E-state index in [-0.39, 0.29) is 30.8 Å². The summed E-state index contributed by atoms with van der Waals surface area (Å²) in [5, 5.41) is 20.0. The lowest BCUT2D eigenvalue weighted by atomic mass is 10.1. The largest absolute Gasteiger partial charge is 0.388 e. The maximum atomic E-state index is 12.3. The third-order valence-corrected chi connectivity index (χ3v) is 3.88. The summed E-state index contributed by atoms with van der Waals surface area (Å²) < 4.78 is 10.9. The number of pyridine rings is 1. The van der Waals surface area contributed by atoms with Crippen LogP contribution in [0.15, 0.2) is 18.3 Å². The number of amides is 1.